The molecule has 0 heterocycles. The van der Waals surface area contributed by atoms with Crippen LogP contribution in [-0.2, 0) is 0 Å². The summed E-state index contributed by atoms with van der Waals surface area (Å²) in [6.45, 7) is 0. The molecule has 0 bridgehead atoms. The molecule has 0 aliphatic rings. The van der Waals surface area contributed by atoms with Crippen molar-refractivity contribution in [3.05, 3.63) is 70.8 Å². The van der Waals surface area contributed by atoms with E-state index in [2.05, 4.69) is 0 Å². The van der Waals surface area contributed by atoms with Gasteiger partial charge in [0, 0.05) is 12.2 Å². The summed E-state index contributed by atoms with van der Waals surface area (Å²) in [4.78, 5) is 21.5. The van der Waals surface area contributed by atoms with Crippen LogP contribution in [0.5, 0.6) is 11.5 Å². The Morgan fingerprint density at radius 2 is 1.03 bits per heavy atom. The molecule has 2 aromatic rings. The van der Waals surface area contributed by atoms with E-state index in [1.807, 2.05) is 0 Å². The molecule has 2 rings (SSSR count). The van der Waals surface area contributed by atoms with Crippen molar-refractivity contribution < 1.29 is 55.6 Å². The molecule has 2 N–H and O–H groups in total. The Morgan fingerprint density at radius 3 is 1.26 bits per heavy atom. The molecule has 0 aliphatic carbocycles. The maximum atomic E-state index is 11.9. The minimum Gasteiger partial charge on any atom is -0.496 e. The molecule has 0 aliphatic heterocycles. The van der Waals surface area contributed by atoms with Gasteiger partial charge in [-0.2, -0.15) is 26.3 Å². The molecule has 6 nitrogen and oxygen atoms in total. The summed E-state index contributed by atoms with van der Waals surface area (Å²) in [6.07, 6.45) is -6.98. The minimum atomic E-state index is -4.40. The second-order valence-electron chi connectivity index (χ2n) is 6.28. The number of aromatic carboxylic acids is 2. The molecule has 184 valence electrons. The molecule has 0 atom stereocenters. The average molecular weight is 492 g/mol. The molecule has 12 heteroatoms. The fourth-order valence-electron chi connectivity index (χ4n) is 2.36. The van der Waals surface area contributed by atoms with Crippen molar-refractivity contribution in [2.45, 2.75) is 12.4 Å². The van der Waals surface area contributed by atoms with Gasteiger partial charge in [-0.3, -0.25) is 0 Å². The summed E-state index contributed by atoms with van der Waals surface area (Å²) in [5.74, 6) is -2.37. The van der Waals surface area contributed by atoms with E-state index in [1.165, 1.54) is 50.6 Å². The number of hydrogen-bond donors (Lipinski definition) is 2. The van der Waals surface area contributed by atoms with Gasteiger partial charge in [0.1, 0.15) is 22.6 Å². The predicted molar refractivity (Wildman–Crippen MR) is 110 cm³/mol. The lowest BCUT2D eigenvalue weighted by molar-refractivity contribution is -0.0800. The van der Waals surface area contributed by atoms with Gasteiger partial charge in [-0.05, 0) is 47.5 Å². The fraction of sp³-hybridized carbons (Fsp3) is 0.182. The molecular formula is C22H18F6O6. The predicted octanol–water partition coefficient (Wildman–Crippen LogP) is 5.94. The van der Waals surface area contributed by atoms with Crippen LogP contribution < -0.4 is 9.47 Å². The van der Waals surface area contributed by atoms with Crippen LogP contribution >= 0.6 is 0 Å². The summed E-state index contributed by atoms with van der Waals surface area (Å²) in [6, 6.07) is 7.38. The molecule has 2 aromatic carbocycles. The molecule has 0 saturated heterocycles. The second kappa shape index (κ2) is 11.8. The lowest BCUT2D eigenvalue weighted by Crippen LogP contribution is -2.01. The summed E-state index contributed by atoms with van der Waals surface area (Å²) >= 11 is 0. The van der Waals surface area contributed by atoms with E-state index >= 15 is 0 Å². The third-order valence-corrected chi connectivity index (χ3v) is 3.84. The zero-order valence-electron chi connectivity index (χ0n) is 17.6. The van der Waals surface area contributed by atoms with Gasteiger partial charge in [0.25, 0.3) is 0 Å². The first-order valence-electron chi connectivity index (χ1n) is 9.01. The molecule has 0 fully saturated rings. The highest BCUT2D eigenvalue weighted by Crippen LogP contribution is 2.24. The number of carboxylic acid groups (broad SMARTS) is 2. The van der Waals surface area contributed by atoms with Crippen LogP contribution in [0.4, 0.5) is 26.3 Å². The van der Waals surface area contributed by atoms with Crippen LogP contribution in [0.3, 0.4) is 0 Å². The largest absolute Gasteiger partial charge is 0.496 e. The van der Waals surface area contributed by atoms with Gasteiger partial charge >= 0.3 is 24.3 Å². The van der Waals surface area contributed by atoms with E-state index in [4.69, 9.17) is 19.7 Å². The standard InChI is InChI=1S/2C11H9F3O3/c2*1-17-9-6-7(4-5-11(12,13)14)2-3-8(9)10(15)16/h2*2-6H,1H3,(H,15,16)/b5-4+;5-4-. The maximum absolute atomic E-state index is 11.9. The number of halogens is 6. The lowest BCUT2D eigenvalue weighted by atomic mass is 10.1. The SMILES string of the molecule is COc1cc(/C=C/C(F)(F)F)ccc1C(=O)O.COc1cc(/C=C\C(F)(F)F)ccc1C(=O)O. The van der Waals surface area contributed by atoms with E-state index in [1.54, 1.807) is 0 Å². The van der Waals surface area contributed by atoms with Gasteiger partial charge in [-0.1, -0.05) is 12.1 Å². The van der Waals surface area contributed by atoms with E-state index in [0.29, 0.717) is 0 Å². The lowest BCUT2D eigenvalue weighted by Gasteiger charge is -2.05. The molecule has 0 radical (unpaired) electrons. The number of carbonyl (C=O) groups is 2. The van der Waals surface area contributed by atoms with Crippen molar-refractivity contribution in [3.8, 4) is 11.5 Å². The van der Waals surface area contributed by atoms with Crippen molar-refractivity contribution >= 4 is 24.1 Å². The van der Waals surface area contributed by atoms with Crippen LogP contribution in [0, 0.1) is 0 Å². The average Bonchev–Trinajstić information content (AvgIpc) is 2.75. The van der Waals surface area contributed by atoms with Crippen LogP contribution in [0.2, 0.25) is 0 Å². The number of hydrogen-bond acceptors (Lipinski definition) is 4. The number of alkyl halides is 6. The monoisotopic (exact) mass is 492 g/mol. The molecule has 0 aromatic heterocycles. The van der Waals surface area contributed by atoms with Crippen molar-refractivity contribution in [3.63, 3.8) is 0 Å². The third-order valence-electron chi connectivity index (χ3n) is 3.84. The van der Waals surface area contributed by atoms with Crippen LogP contribution in [0.15, 0.2) is 48.6 Å². The molecular weight excluding hydrogens is 474 g/mol. The van der Waals surface area contributed by atoms with E-state index in [9.17, 15) is 35.9 Å². The van der Waals surface area contributed by atoms with Crippen molar-refractivity contribution in [2.75, 3.05) is 14.2 Å². The van der Waals surface area contributed by atoms with Gasteiger partial charge in [0.2, 0.25) is 0 Å². The first-order chi connectivity index (χ1) is 15.7. The van der Waals surface area contributed by atoms with Gasteiger partial charge in [-0.25, -0.2) is 9.59 Å². The van der Waals surface area contributed by atoms with E-state index in [0.717, 1.165) is 12.2 Å². The van der Waals surface area contributed by atoms with Crippen molar-refractivity contribution in [1.29, 1.82) is 0 Å². The number of allylic oxidation sites excluding steroid dienone is 2. The molecule has 34 heavy (non-hydrogen) atoms. The smallest absolute Gasteiger partial charge is 0.409 e. The maximum Gasteiger partial charge on any atom is 0.409 e. The molecule has 0 saturated carbocycles. The zero-order valence-corrected chi connectivity index (χ0v) is 17.6. The van der Waals surface area contributed by atoms with Gasteiger partial charge in [0.15, 0.2) is 0 Å². The van der Waals surface area contributed by atoms with Crippen LogP contribution in [0.1, 0.15) is 31.8 Å². The number of methoxy groups -OCH3 is 2. The normalized spacial score (nSPS) is 11.8. The number of benzene rings is 2. The summed E-state index contributed by atoms with van der Waals surface area (Å²) in [5, 5.41) is 17.5. The van der Waals surface area contributed by atoms with E-state index in [-0.39, 0.29) is 45.9 Å². The minimum absolute atomic E-state index is 0.0156. The Kier molecular flexibility index (Phi) is 9.72. The first-order valence-corrected chi connectivity index (χ1v) is 9.01. The topological polar surface area (TPSA) is 93.1 Å². The summed E-state index contributed by atoms with van der Waals surface area (Å²) in [7, 11) is 2.50. The quantitative estimate of drug-likeness (QED) is 0.485. The number of carboxylic acids is 2. The first kappa shape index (κ1) is 28.1. The molecule has 0 unspecified atom stereocenters. The zero-order chi connectivity index (χ0) is 26.1. The Bertz CT molecular complexity index is 985. The van der Waals surface area contributed by atoms with Gasteiger partial charge < -0.3 is 19.7 Å². The summed E-state index contributed by atoms with van der Waals surface area (Å²) in [5.41, 5.74) is 0.224. The molecule has 0 amide bonds. The number of ether oxygens (including phenoxy) is 2. The Balaban J connectivity index is 0.000000340. The Morgan fingerprint density at radius 1 is 0.706 bits per heavy atom. The highest BCUT2D eigenvalue weighted by atomic mass is 19.4. The van der Waals surface area contributed by atoms with Gasteiger partial charge in [0.05, 0.1) is 14.2 Å². The highest BCUT2D eigenvalue weighted by Gasteiger charge is 2.22. The Labute approximate surface area is 189 Å². The molecule has 0 spiro atoms. The van der Waals surface area contributed by atoms with Crippen LogP contribution in [-0.4, -0.2) is 48.7 Å². The summed E-state index contributed by atoms with van der Waals surface area (Å²) < 4.78 is 81.1. The van der Waals surface area contributed by atoms with Gasteiger partial charge in [-0.15, -0.1) is 0 Å². The third kappa shape index (κ3) is 9.67. The Hall–Kier alpha value is -3.96. The second-order valence-corrected chi connectivity index (χ2v) is 6.28. The number of rotatable bonds is 6. The van der Waals surface area contributed by atoms with Crippen molar-refractivity contribution in [2.24, 2.45) is 0 Å². The van der Waals surface area contributed by atoms with Crippen LogP contribution in [0.25, 0.3) is 12.2 Å². The fourth-order valence-corrected chi connectivity index (χ4v) is 2.36. The highest BCUT2D eigenvalue weighted by molar-refractivity contribution is 5.91. The van der Waals surface area contributed by atoms with Crippen molar-refractivity contribution in [1.82, 2.24) is 0 Å². The van der Waals surface area contributed by atoms with E-state index < -0.39 is 24.3 Å².